The van der Waals surface area contributed by atoms with E-state index in [0.717, 1.165) is 0 Å². The summed E-state index contributed by atoms with van der Waals surface area (Å²) in [5.74, 6) is -1.04. The predicted octanol–water partition coefficient (Wildman–Crippen LogP) is 2.87. The van der Waals surface area contributed by atoms with Crippen molar-refractivity contribution in [3.8, 4) is 5.75 Å². The van der Waals surface area contributed by atoms with Crippen LogP contribution in [0.5, 0.6) is 5.75 Å². The maximum absolute atomic E-state index is 12.4. The van der Waals surface area contributed by atoms with E-state index in [-0.39, 0.29) is 18.1 Å². The lowest BCUT2D eigenvalue weighted by atomic mass is 9.72. The molecule has 0 aliphatic rings. The topological polar surface area (TPSA) is 89.9 Å². The lowest BCUT2D eigenvalue weighted by Crippen LogP contribution is -2.40. The van der Waals surface area contributed by atoms with Gasteiger partial charge in [0.15, 0.2) is 0 Å². The van der Waals surface area contributed by atoms with Crippen LogP contribution in [-0.4, -0.2) is 47.6 Å². The van der Waals surface area contributed by atoms with Gasteiger partial charge in [-0.2, -0.15) is 0 Å². The van der Waals surface area contributed by atoms with Crippen molar-refractivity contribution in [3.63, 3.8) is 0 Å². The SMILES string of the molecule is CC(=O)Nc1ccc(C(CCN(C)C)(Cc2ccccc2O)C(=O)O)cc1. The molecule has 0 saturated heterocycles. The molecule has 3 N–H and O–H groups in total. The van der Waals surface area contributed by atoms with Gasteiger partial charge >= 0.3 is 5.97 Å². The Morgan fingerprint density at radius 1 is 1.07 bits per heavy atom. The number of aliphatic carboxylic acids is 1. The number of phenolic OH excluding ortho intramolecular Hbond substituents is 1. The van der Waals surface area contributed by atoms with Crippen LogP contribution in [0.2, 0.25) is 0 Å². The number of carbonyl (C=O) groups is 2. The van der Waals surface area contributed by atoms with Crippen molar-refractivity contribution in [1.82, 2.24) is 4.90 Å². The maximum atomic E-state index is 12.4. The van der Waals surface area contributed by atoms with E-state index in [2.05, 4.69) is 5.32 Å². The van der Waals surface area contributed by atoms with Crippen LogP contribution in [0, 0.1) is 0 Å². The largest absolute Gasteiger partial charge is 0.508 e. The van der Waals surface area contributed by atoms with Gasteiger partial charge < -0.3 is 20.4 Å². The molecule has 0 aliphatic carbocycles. The number of para-hydroxylation sites is 1. The lowest BCUT2D eigenvalue weighted by Gasteiger charge is -2.32. The monoisotopic (exact) mass is 370 g/mol. The van der Waals surface area contributed by atoms with E-state index in [1.54, 1.807) is 48.5 Å². The van der Waals surface area contributed by atoms with Gasteiger partial charge in [0.05, 0.1) is 5.41 Å². The zero-order valence-electron chi connectivity index (χ0n) is 15.9. The van der Waals surface area contributed by atoms with Crippen LogP contribution in [0.4, 0.5) is 5.69 Å². The minimum absolute atomic E-state index is 0.0860. The number of hydrogen-bond acceptors (Lipinski definition) is 4. The van der Waals surface area contributed by atoms with Crippen molar-refractivity contribution in [3.05, 3.63) is 59.7 Å². The molecule has 1 atom stereocenters. The molecule has 0 bridgehead atoms. The smallest absolute Gasteiger partial charge is 0.314 e. The van der Waals surface area contributed by atoms with Crippen molar-refractivity contribution in [2.75, 3.05) is 26.0 Å². The Kier molecular flexibility index (Phi) is 6.58. The first-order valence-corrected chi connectivity index (χ1v) is 8.78. The van der Waals surface area contributed by atoms with Crippen LogP contribution >= 0.6 is 0 Å². The molecular weight excluding hydrogens is 344 g/mol. The molecule has 6 nitrogen and oxygen atoms in total. The molecule has 0 aliphatic heterocycles. The van der Waals surface area contributed by atoms with Gasteiger partial charge in [-0.25, -0.2) is 0 Å². The molecule has 144 valence electrons. The summed E-state index contributed by atoms with van der Waals surface area (Å²) in [5, 5.41) is 23.0. The number of carboxylic acid groups (broad SMARTS) is 1. The molecule has 0 fully saturated rings. The minimum atomic E-state index is -1.20. The molecule has 6 heteroatoms. The van der Waals surface area contributed by atoms with Gasteiger partial charge in [0.1, 0.15) is 5.75 Å². The van der Waals surface area contributed by atoms with Gasteiger partial charge in [0.2, 0.25) is 5.91 Å². The number of carbonyl (C=O) groups excluding carboxylic acids is 1. The second-order valence-corrected chi connectivity index (χ2v) is 7.00. The number of amides is 1. The molecule has 1 unspecified atom stereocenters. The van der Waals surface area contributed by atoms with Crippen LogP contribution < -0.4 is 5.32 Å². The number of benzene rings is 2. The van der Waals surface area contributed by atoms with Gasteiger partial charge in [-0.15, -0.1) is 0 Å². The van der Waals surface area contributed by atoms with Crippen molar-refractivity contribution < 1.29 is 19.8 Å². The number of nitrogens with zero attached hydrogens (tertiary/aromatic N) is 1. The molecule has 2 rings (SSSR count). The van der Waals surface area contributed by atoms with E-state index < -0.39 is 11.4 Å². The third-order valence-corrected chi connectivity index (χ3v) is 4.64. The summed E-state index contributed by atoms with van der Waals surface area (Å²) in [5.41, 5.74) is 0.636. The summed E-state index contributed by atoms with van der Waals surface area (Å²) in [6, 6.07) is 13.7. The number of anilines is 1. The Labute approximate surface area is 159 Å². The Hall–Kier alpha value is -2.86. The number of rotatable bonds is 8. The fraction of sp³-hybridized carbons (Fsp3) is 0.333. The number of carboxylic acids is 1. The van der Waals surface area contributed by atoms with E-state index in [1.165, 1.54) is 6.92 Å². The molecule has 0 saturated carbocycles. The Balaban J connectivity index is 2.48. The van der Waals surface area contributed by atoms with Gasteiger partial charge in [-0.05, 0) is 62.8 Å². The normalized spacial score (nSPS) is 13.2. The highest BCUT2D eigenvalue weighted by Crippen LogP contribution is 2.36. The number of phenols is 1. The third-order valence-electron chi connectivity index (χ3n) is 4.64. The zero-order chi connectivity index (χ0) is 20.0. The van der Waals surface area contributed by atoms with Crippen molar-refractivity contribution >= 4 is 17.6 Å². The van der Waals surface area contributed by atoms with Crippen LogP contribution in [0.1, 0.15) is 24.5 Å². The lowest BCUT2D eigenvalue weighted by molar-refractivity contribution is -0.144. The molecule has 1 amide bonds. The van der Waals surface area contributed by atoms with Crippen molar-refractivity contribution in [2.45, 2.75) is 25.2 Å². The number of aromatic hydroxyl groups is 1. The molecule has 0 aromatic heterocycles. The van der Waals surface area contributed by atoms with Crippen molar-refractivity contribution in [2.24, 2.45) is 0 Å². The molecule has 0 spiro atoms. The molecule has 27 heavy (non-hydrogen) atoms. The summed E-state index contributed by atoms with van der Waals surface area (Å²) in [6.07, 6.45) is 0.547. The van der Waals surface area contributed by atoms with E-state index >= 15 is 0 Å². The first-order valence-electron chi connectivity index (χ1n) is 8.78. The van der Waals surface area contributed by atoms with E-state index in [9.17, 15) is 19.8 Å². The first-order chi connectivity index (χ1) is 12.7. The first kappa shape index (κ1) is 20.5. The van der Waals surface area contributed by atoms with Crippen LogP contribution in [0.3, 0.4) is 0 Å². The molecule has 2 aromatic rings. The maximum Gasteiger partial charge on any atom is 0.314 e. The summed E-state index contributed by atoms with van der Waals surface area (Å²) in [6.45, 7) is 2.00. The van der Waals surface area contributed by atoms with E-state index in [1.807, 2.05) is 19.0 Å². The van der Waals surface area contributed by atoms with Crippen LogP contribution in [0.15, 0.2) is 48.5 Å². The molecule has 0 radical (unpaired) electrons. The van der Waals surface area contributed by atoms with Gasteiger partial charge in [0.25, 0.3) is 0 Å². The summed E-state index contributed by atoms with van der Waals surface area (Å²) >= 11 is 0. The Morgan fingerprint density at radius 2 is 1.70 bits per heavy atom. The highest BCUT2D eigenvalue weighted by atomic mass is 16.4. The Bertz CT molecular complexity index is 802. The molecular formula is C21H26N2O4. The highest BCUT2D eigenvalue weighted by molar-refractivity contribution is 5.89. The van der Waals surface area contributed by atoms with E-state index in [0.29, 0.717) is 29.8 Å². The number of nitrogens with one attached hydrogen (secondary N) is 1. The van der Waals surface area contributed by atoms with Crippen molar-refractivity contribution in [1.29, 1.82) is 0 Å². The minimum Gasteiger partial charge on any atom is -0.508 e. The second-order valence-electron chi connectivity index (χ2n) is 7.00. The molecule has 0 heterocycles. The second kappa shape index (κ2) is 8.68. The fourth-order valence-electron chi connectivity index (χ4n) is 3.12. The Morgan fingerprint density at radius 3 is 2.22 bits per heavy atom. The fourth-order valence-corrected chi connectivity index (χ4v) is 3.12. The standard InChI is InChI=1S/C21H26N2O4/c1-15(24)22-18-10-8-17(9-11-18)21(20(26)27,12-13-23(2)3)14-16-6-4-5-7-19(16)25/h4-11,25H,12-14H2,1-3H3,(H,22,24)(H,26,27). The predicted molar refractivity (Wildman–Crippen MR) is 105 cm³/mol. The zero-order valence-corrected chi connectivity index (χ0v) is 15.9. The van der Waals surface area contributed by atoms with E-state index in [4.69, 9.17) is 0 Å². The quantitative estimate of drug-likeness (QED) is 0.665. The molecule has 2 aromatic carbocycles. The third kappa shape index (κ3) is 5.08. The van der Waals surface area contributed by atoms with Crippen LogP contribution in [-0.2, 0) is 21.4 Å². The van der Waals surface area contributed by atoms with Gasteiger partial charge in [0, 0.05) is 12.6 Å². The summed E-state index contributed by atoms with van der Waals surface area (Å²) < 4.78 is 0. The number of hydrogen-bond donors (Lipinski definition) is 3. The average molecular weight is 370 g/mol. The van der Waals surface area contributed by atoms with Crippen LogP contribution in [0.25, 0.3) is 0 Å². The van der Waals surface area contributed by atoms with Gasteiger partial charge in [-0.3, -0.25) is 9.59 Å². The summed E-state index contributed by atoms with van der Waals surface area (Å²) in [7, 11) is 3.79. The summed E-state index contributed by atoms with van der Waals surface area (Å²) in [4.78, 5) is 25.6. The highest BCUT2D eigenvalue weighted by Gasteiger charge is 2.41. The average Bonchev–Trinajstić information content (AvgIpc) is 2.60. The van der Waals surface area contributed by atoms with Gasteiger partial charge in [-0.1, -0.05) is 30.3 Å².